The minimum absolute atomic E-state index is 0.101. The predicted octanol–water partition coefficient (Wildman–Crippen LogP) is 2.98. The summed E-state index contributed by atoms with van der Waals surface area (Å²) < 4.78 is 0. The smallest absolute Gasteiger partial charge is 0.239 e. The van der Waals surface area contributed by atoms with E-state index >= 15 is 0 Å². The molecule has 0 saturated carbocycles. The largest absolute Gasteiger partial charge is 0.362 e. The molecule has 3 heteroatoms. The van der Waals surface area contributed by atoms with Crippen LogP contribution in [0.2, 0.25) is 0 Å². The molecule has 19 heavy (non-hydrogen) atoms. The van der Waals surface area contributed by atoms with Crippen molar-refractivity contribution in [2.24, 2.45) is 5.92 Å². The van der Waals surface area contributed by atoms with E-state index in [0.717, 1.165) is 25.2 Å². The van der Waals surface area contributed by atoms with Gasteiger partial charge in [-0.15, -0.1) is 0 Å². The maximum Gasteiger partial charge on any atom is 0.239 e. The molecule has 0 aliphatic carbocycles. The first-order valence-electron chi connectivity index (χ1n) is 7.11. The zero-order valence-corrected chi connectivity index (χ0v) is 12.6. The van der Waals surface area contributed by atoms with Gasteiger partial charge in [0, 0.05) is 18.8 Å². The Morgan fingerprint density at radius 3 is 2.68 bits per heavy atom. The van der Waals surface area contributed by atoms with Crippen molar-refractivity contribution in [3.63, 3.8) is 0 Å². The molecule has 0 heterocycles. The fraction of sp³-hybridized carbons (Fsp3) is 0.562. The standard InChI is InChI=1S/C16H26N2O/c1-5-18(15-8-6-7-14(4)11-15)12-16(19)17-10-9-13(2)3/h6-8,11,13H,5,9-10,12H2,1-4H3,(H,17,19). The second-order valence-corrected chi connectivity index (χ2v) is 5.39. The normalized spacial score (nSPS) is 10.6. The number of benzene rings is 1. The fourth-order valence-electron chi connectivity index (χ4n) is 1.94. The second-order valence-electron chi connectivity index (χ2n) is 5.39. The highest BCUT2D eigenvalue weighted by Crippen LogP contribution is 2.15. The topological polar surface area (TPSA) is 32.3 Å². The summed E-state index contributed by atoms with van der Waals surface area (Å²) in [6.45, 7) is 10.5. The van der Waals surface area contributed by atoms with Crippen LogP contribution in [0.3, 0.4) is 0 Å². The average Bonchev–Trinajstić information content (AvgIpc) is 2.35. The minimum atomic E-state index is 0.101. The molecule has 0 unspecified atom stereocenters. The summed E-state index contributed by atoms with van der Waals surface area (Å²) in [5.41, 5.74) is 2.33. The van der Waals surface area contributed by atoms with Crippen LogP contribution in [-0.2, 0) is 4.79 Å². The molecule has 0 aromatic heterocycles. The third-order valence-corrected chi connectivity index (χ3v) is 3.13. The number of carbonyl (C=O) groups excluding carboxylic acids is 1. The van der Waals surface area contributed by atoms with E-state index in [2.05, 4.69) is 56.1 Å². The van der Waals surface area contributed by atoms with Crippen molar-refractivity contribution < 1.29 is 4.79 Å². The Kier molecular flexibility index (Phi) is 6.40. The average molecular weight is 262 g/mol. The molecule has 106 valence electrons. The highest BCUT2D eigenvalue weighted by Gasteiger charge is 2.09. The quantitative estimate of drug-likeness (QED) is 0.819. The predicted molar refractivity (Wildman–Crippen MR) is 81.5 cm³/mol. The highest BCUT2D eigenvalue weighted by molar-refractivity contribution is 5.81. The van der Waals surface area contributed by atoms with Crippen LogP contribution in [0.25, 0.3) is 0 Å². The zero-order chi connectivity index (χ0) is 14.3. The Balaban J connectivity index is 2.50. The molecule has 1 aromatic rings. The first-order valence-corrected chi connectivity index (χ1v) is 7.11. The summed E-state index contributed by atoms with van der Waals surface area (Å²) in [6.07, 6.45) is 1.03. The van der Waals surface area contributed by atoms with Crippen molar-refractivity contribution in [1.29, 1.82) is 0 Å². The van der Waals surface area contributed by atoms with Gasteiger partial charge in [0.25, 0.3) is 0 Å². The van der Waals surface area contributed by atoms with Gasteiger partial charge in [-0.3, -0.25) is 4.79 Å². The van der Waals surface area contributed by atoms with Gasteiger partial charge >= 0.3 is 0 Å². The lowest BCUT2D eigenvalue weighted by atomic mass is 10.1. The molecule has 0 spiro atoms. The SMILES string of the molecule is CCN(CC(=O)NCCC(C)C)c1cccc(C)c1. The van der Waals surface area contributed by atoms with E-state index in [1.165, 1.54) is 5.56 Å². The van der Waals surface area contributed by atoms with E-state index < -0.39 is 0 Å². The number of aryl methyl sites for hydroxylation is 1. The van der Waals surface area contributed by atoms with Crippen molar-refractivity contribution in [2.45, 2.75) is 34.1 Å². The summed E-state index contributed by atoms with van der Waals surface area (Å²) in [7, 11) is 0. The van der Waals surface area contributed by atoms with Crippen LogP contribution in [-0.4, -0.2) is 25.5 Å². The van der Waals surface area contributed by atoms with Gasteiger partial charge in [-0.1, -0.05) is 26.0 Å². The van der Waals surface area contributed by atoms with Crippen molar-refractivity contribution in [2.75, 3.05) is 24.5 Å². The number of amides is 1. The molecule has 0 radical (unpaired) electrons. The van der Waals surface area contributed by atoms with Gasteiger partial charge in [0.1, 0.15) is 0 Å². The van der Waals surface area contributed by atoms with Crippen LogP contribution in [0.4, 0.5) is 5.69 Å². The summed E-state index contributed by atoms with van der Waals surface area (Å²) in [4.78, 5) is 14.0. The van der Waals surface area contributed by atoms with Crippen molar-refractivity contribution >= 4 is 11.6 Å². The molecule has 0 bridgehead atoms. The summed E-state index contributed by atoms with van der Waals surface area (Å²) in [5, 5.41) is 2.98. The first-order chi connectivity index (χ1) is 9.02. The van der Waals surface area contributed by atoms with Gasteiger partial charge in [0.05, 0.1) is 6.54 Å². The fourth-order valence-corrected chi connectivity index (χ4v) is 1.94. The maximum atomic E-state index is 11.9. The van der Waals surface area contributed by atoms with E-state index in [1.54, 1.807) is 0 Å². The first kappa shape index (κ1) is 15.5. The summed E-state index contributed by atoms with van der Waals surface area (Å²) in [6, 6.07) is 8.27. The molecule has 3 nitrogen and oxygen atoms in total. The van der Waals surface area contributed by atoms with Gasteiger partial charge < -0.3 is 10.2 Å². The van der Waals surface area contributed by atoms with Crippen LogP contribution in [0.5, 0.6) is 0 Å². The van der Waals surface area contributed by atoms with Crippen LogP contribution >= 0.6 is 0 Å². The third kappa shape index (κ3) is 5.77. The Morgan fingerprint density at radius 1 is 1.37 bits per heavy atom. The van der Waals surface area contributed by atoms with Crippen LogP contribution < -0.4 is 10.2 Å². The maximum absolute atomic E-state index is 11.9. The number of nitrogens with one attached hydrogen (secondary N) is 1. The van der Waals surface area contributed by atoms with Crippen LogP contribution in [0, 0.1) is 12.8 Å². The van der Waals surface area contributed by atoms with Gasteiger partial charge in [0.15, 0.2) is 0 Å². The van der Waals surface area contributed by atoms with Gasteiger partial charge in [-0.25, -0.2) is 0 Å². The number of rotatable bonds is 7. The van der Waals surface area contributed by atoms with E-state index in [4.69, 9.17) is 0 Å². The minimum Gasteiger partial charge on any atom is -0.362 e. The summed E-state index contributed by atoms with van der Waals surface area (Å²) in [5.74, 6) is 0.725. The zero-order valence-electron chi connectivity index (χ0n) is 12.6. The van der Waals surface area contributed by atoms with E-state index in [0.29, 0.717) is 12.5 Å². The van der Waals surface area contributed by atoms with Gasteiger partial charge in [0.2, 0.25) is 5.91 Å². The van der Waals surface area contributed by atoms with Gasteiger partial charge in [-0.05, 0) is 43.9 Å². The summed E-state index contributed by atoms with van der Waals surface area (Å²) >= 11 is 0. The van der Waals surface area contributed by atoms with Gasteiger partial charge in [-0.2, -0.15) is 0 Å². The lowest BCUT2D eigenvalue weighted by Gasteiger charge is -2.23. The van der Waals surface area contributed by atoms with Crippen molar-refractivity contribution in [3.05, 3.63) is 29.8 Å². The Bertz CT molecular complexity index is 401. The third-order valence-electron chi connectivity index (χ3n) is 3.13. The highest BCUT2D eigenvalue weighted by atomic mass is 16.2. The molecule has 0 saturated heterocycles. The Hall–Kier alpha value is -1.51. The lowest BCUT2D eigenvalue weighted by molar-refractivity contribution is -0.119. The molecular weight excluding hydrogens is 236 g/mol. The molecule has 1 aromatic carbocycles. The molecule has 1 rings (SSSR count). The number of likely N-dealkylation sites (N-methyl/N-ethyl adjacent to an activating group) is 1. The molecule has 0 fully saturated rings. The van der Waals surface area contributed by atoms with Crippen LogP contribution in [0.15, 0.2) is 24.3 Å². The number of anilines is 1. The lowest BCUT2D eigenvalue weighted by Crippen LogP contribution is -2.37. The molecule has 0 atom stereocenters. The number of hydrogen-bond acceptors (Lipinski definition) is 2. The van der Waals surface area contributed by atoms with E-state index in [1.807, 2.05) is 6.07 Å². The van der Waals surface area contributed by atoms with Crippen LogP contribution in [0.1, 0.15) is 32.8 Å². The van der Waals surface area contributed by atoms with Crippen molar-refractivity contribution in [1.82, 2.24) is 5.32 Å². The monoisotopic (exact) mass is 262 g/mol. The molecular formula is C16H26N2O. The molecule has 0 aliphatic rings. The van der Waals surface area contributed by atoms with E-state index in [9.17, 15) is 4.79 Å². The molecule has 1 N–H and O–H groups in total. The number of hydrogen-bond donors (Lipinski definition) is 1. The van der Waals surface area contributed by atoms with E-state index in [-0.39, 0.29) is 5.91 Å². The van der Waals surface area contributed by atoms with Crippen molar-refractivity contribution in [3.8, 4) is 0 Å². The Labute approximate surface area is 117 Å². The molecule has 0 aliphatic heterocycles. The second kappa shape index (κ2) is 7.82. The Morgan fingerprint density at radius 2 is 2.11 bits per heavy atom. The molecule has 1 amide bonds. The number of nitrogens with zero attached hydrogens (tertiary/aromatic N) is 1. The number of carbonyl (C=O) groups is 1.